The molecule has 1 aliphatic carbocycles. The quantitative estimate of drug-likeness (QED) is 0.838. The molecule has 1 fully saturated rings. The van der Waals surface area contributed by atoms with Crippen molar-refractivity contribution < 1.29 is 9.26 Å². The van der Waals surface area contributed by atoms with Crippen LogP contribution in [-0.4, -0.2) is 16.2 Å². The van der Waals surface area contributed by atoms with E-state index in [0.717, 1.165) is 12.3 Å². The van der Waals surface area contributed by atoms with E-state index < -0.39 is 0 Å². The highest BCUT2D eigenvalue weighted by molar-refractivity contribution is 7.12. The molecule has 0 aliphatic heterocycles. The molecule has 0 saturated heterocycles. The molecule has 0 bridgehead atoms. The van der Waals surface area contributed by atoms with Gasteiger partial charge in [0.25, 0.3) is 0 Å². The van der Waals surface area contributed by atoms with E-state index in [4.69, 9.17) is 9.26 Å². The maximum atomic E-state index is 5.47. The van der Waals surface area contributed by atoms with Gasteiger partial charge in [-0.25, -0.2) is 0 Å². The van der Waals surface area contributed by atoms with Crippen molar-refractivity contribution >= 4 is 11.3 Å². The van der Waals surface area contributed by atoms with Gasteiger partial charge in [0.05, 0.1) is 6.10 Å². The molecule has 4 nitrogen and oxygen atoms in total. The molecule has 2 atom stereocenters. The highest BCUT2D eigenvalue weighted by atomic mass is 32.1. The van der Waals surface area contributed by atoms with Gasteiger partial charge in [0, 0.05) is 21.6 Å². The predicted octanol–water partition coefficient (Wildman–Crippen LogP) is 3.64. The second-order valence-electron chi connectivity index (χ2n) is 5.31. The van der Waals surface area contributed by atoms with Crippen molar-refractivity contribution in [1.82, 2.24) is 10.1 Å². The molecule has 0 aromatic carbocycles. The molecule has 1 saturated carbocycles. The Kier molecular flexibility index (Phi) is 3.41. The summed E-state index contributed by atoms with van der Waals surface area (Å²) in [5.74, 6) is 2.38. The standard InChI is InChI=1S/C14H18N2O2S/c1-8(2)17-7-13-15-14(18-16-13)11-6-10(11)12-5-4-9(3)19-12/h4-5,8,10-11H,6-7H2,1-3H3/t10-,11-/m1/s1. The number of hydrogen-bond donors (Lipinski definition) is 0. The Morgan fingerprint density at radius 2 is 2.26 bits per heavy atom. The third-order valence-electron chi connectivity index (χ3n) is 3.26. The minimum atomic E-state index is 0.185. The minimum Gasteiger partial charge on any atom is -0.371 e. The minimum absolute atomic E-state index is 0.185. The number of hydrogen-bond acceptors (Lipinski definition) is 5. The van der Waals surface area contributed by atoms with Crippen molar-refractivity contribution in [1.29, 1.82) is 0 Å². The normalized spacial score (nSPS) is 22.1. The zero-order valence-corrected chi connectivity index (χ0v) is 12.2. The van der Waals surface area contributed by atoms with Crippen LogP contribution in [0.1, 0.15) is 53.6 Å². The molecule has 2 heterocycles. The maximum absolute atomic E-state index is 5.47. The lowest BCUT2D eigenvalue weighted by molar-refractivity contribution is 0.0601. The Bertz CT molecular complexity index is 561. The number of rotatable bonds is 5. The molecule has 5 heteroatoms. The lowest BCUT2D eigenvalue weighted by Crippen LogP contribution is -2.03. The Morgan fingerprint density at radius 3 is 2.95 bits per heavy atom. The topological polar surface area (TPSA) is 48.2 Å². The van der Waals surface area contributed by atoms with Crippen molar-refractivity contribution in [3.05, 3.63) is 33.6 Å². The number of thiophene rings is 1. The molecule has 0 N–H and O–H groups in total. The van der Waals surface area contributed by atoms with Crippen LogP contribution in [0.5, 0.6) is 0 Å². The summed E-state index contributed by atoms with van der Waals surface area (Å²) >= 11 is 1.86. The van der Waals surface area contributed by atoms with Gasteiger partial charge in [0.2, 0.25) is 5.89 Å². The SMILES string of the molecule is Cc1ccc([C@@H]2C[C@H]2c2nc(COC(C)C)no2)s1. The summed E-state index contributed by atoms with van der Waals surface area (Å²) in [6, 6.07) is 4.38. The van der Waals surface area contributed by atoms with Crippen LogP contribution in [0, 0.1) is 6.92 Å². The lowest BCUT2D eigenvalue weighted by Gasteiger charge is -2.02. The Hall–Kier alpha value is -1.20. The third kappa shape index (κ3) is 2.87. The van der Waals surface area contributed by atoms with Crippen LogP contribution in [0.25, 0.3) is 0 Å². The average Bonchev–Trinajstić information content (AvgIpc) is 2.83. The number of aryl methyl sites for hydroxylation is 1. The molecule has 3 rings (SSSR count). The van der Waals surface area contributed by atoms with Crippen LogP contribution < -0.4 is 0 Å². The van der Waals surface area contributed by atoms with Crippen molar-refractivity contribution in [3.63, 3.8) is 0 Å². The van der Waals surface area contributed by atoms with Gasteiger partial charge in [-0.05, 0) is 39.3 Å². The predicted molar refractivity (Wildman–Crippen MR) is 73.4 cm³/mol. The molecular weight excluding hydrogens is 260 g/mol. The average molecular weight is 278 g/mol. The van der Waals surface area contributed by atoms with Gasteiger partial charge in [-0.3, -0.25) is 0 Å². The van der Waals surface area contributed by atoms with E-state index in [-0.39, 0.29) is 6.10 Å². The molecule has 0 radical (unpaired) electrons. The van der Waals surface area contributed by atoms with Crippen molar-refractivity contribution in [2.45, 2.75) is 51.7 Å². The van der Waals surface area contributed by atoms with Gasteiger partial charge in [-0.1, -0.05) is 5.16 Å². The summed E-state index contributed by atoms with van der Waals surface area (Å²) < 4.78 is 10.8. The molecule has 0 spiro atoms. The van der Waals surface area contributed by atoms with Crippen molar-refractivity contribution in [2.24, 2.45) is 0 Å². The highest BCUT2D eigenvalue weighted by Gasteiger charge is 2.44. The lowest BCUT2D eigenvalue weighted by atomic mass is 10.2. The first-order chi connectivity index (χ1) is 9.13. The molecule has 0 amide bonds. The second kappa shape index (κ2) is 5.06. The van der Waals surface area contributed by atoms with Crippen molar-refractivity contribution in [2.75, 3.05) is 0 Å². The molecule has 0 unspecified atom stereocenters. The monoisotopic (exact) mass is 278 g/mol. The summed E-state index contributed by atoms with van der Waals surface area (Å²) in [5.41, 5.74) is 0. The zero-order chi connectivity index (χ0) is 13.4. The first-order valence-electron chi connectivity index (χ1n) is 6.64. The highest BCUT2D eigenvalue weighted by Crippen LogP contribution is 2.55. The van der Waals surface area contributed by atoms with Gasteiger partial charge in [-0.15, -0.1) is 11.3 Å². The van der Waals surface area contributed by atoms with E-state index >= 15 is 0 Å². The van der Waals surface area contributed by atoms with E-state index in [1.165, 1.54) is 9.75 Å². The molecule has 2 aromatic rings. The van der Waals surface area contributed by atoms with Gasteiger partial charge in [0.15, 0.2) is 5.82 Å². The van der Waals surface area contributed by atoms with Crippen LogP contribution in [0.4, 0.5) is 0 Å². The molecule has 1 aliphatic rings. The summed E-state index contributed by atoms with van der Waals surface area (Å²) in [5, 5.41) is 3.98. The van der Waals surface area contributed by atoms with Crippen LogP contribution in [-0.2, 0) is 11.3 Å². The smallest absolute Gasteiger partial charge is 0.230 e. The Balaban J connectivity index is 1.62. The van der Waals surface area contributed by atoms with Gasteiger partial charge >= 0.3 is 0 Å². The van der Waals surface area contributed by atoms with Crippen LogP contribution in [0.15, 0.2) is 16.7 Å². The third-order valence-corrected chi connectivity index (χ3v) is 4.40. The fraction of sp³-hybridized carbons (Fsp3) is 0.571. The number of aromatic nitrogens is 2. The van der Waals surface area contributed by atoms with Crippen LogP contribution in [0.3, 0.4) is 0 Å². The molecular formula is C14H18N2O2S. The number of nitrogens with zero attached hydrogens (tertiary/aromatic N) is 2. The zero-order valence-electron chi connectivity index (χ0n) is 11.4. The van der Waals surface area contributed by atoms with E-state index in [1.54, 1.807) is 0 Å². The molecule has 102 valence electrons. The van der Waals surface area contributed by atoms with Gasteiger partial charge in [0.1, 0.15) is 6.61 Å². The fourth-order valence-electron chi connectivity index (χ4n) is 2.15. The first-order valence-corrected chi connectivity index (χ1v) is 7.45. The van der Waals surface area contributed by atoms with Gasteiger partial charge in [-0.2, -0.15) is 4.98 Å². The largest absolute Gasteiger partial charge is 0.371 e. The maximum Gasteiger partial charge on any atom is 0.230 e. The van der Waals surface area contributed by atoms with E-state index in [0.29, 0.717) is 24.3 Å². The molecule has 19 heavy (non-hydrogen) atoms. The van der Waals surface area contributed by atoms with E-state index in [9.17, 15) is 0 Å². The van der Waals surface area contributed by atoms with Crippen LogP contribution >= 0.6 is 11.3 Å². The van der Waals surface area contributed by atoms with E-state index in [1.807, 2.05) is 25.2 Å². The number of ether oxygens (including phenoxy) is 1. The fourth-order valence-corrected chi connectivity index (χ4v) is 3.21. The first kappa shape index (κ1) is 12.8. The van der Waals surface area contributed by atoms with Gasteiger partial charge < -0.3 is 9.26 Å². The van der Waals surface area contributed by atoms with Crippen molar-refractivity contribution in [3.8, 4) is 0 Å². The summed E-state index contributed by atoms with van der Waals surface area (Å²) in [7, 11) is 0. The summed E-state index contributed by atoms with van der Waals surface area (Å²) in [6.07, 6.45) is 1.30. The van der Waals surface area contributed by atoms with Crippen LogP contribution in [0.2, 0.25) is 0 Å². The Labute approximate surface area is 116 Å². The Morgan fingerprint density at radius 1 is 1.42 bits per heavy atom. The summed E-state index contributed by atoms with van der Waals surface area (Å²) in [4.78, 5) is 7.22. The molecule has 2 aromatic heterocycles. The van der Waals surface area contributed by atoms with E-state index in [2.05, 4.69) is 29.2 Å². The second-order valence-corrected chi connectivity index (χ2v) is 6.63. The summed E-state index contributed by atoms with van der Waals surface area (Å²) in [6.45, 7) is 6.56.